The number of hydrogen-bond acceptors (Lipinski definition) is 6. The summed E-state index contributed by atoms with van der Waals surface area (Å²) in [5.41, 5.74) is 1.11. The van der Waals surface area contributed by atoms with E-state index < -0.39 is 11.5 Å². The number of carbonyl (C=O) groups excluding carboxylic acids is 2. The number of nitrogens with zero attached hydrogens (tertiary/aromatic N) is 1. The SMILES string of the molecule is CCN(CC)CCNC(=O)c1ccc(NC(=O)c2c(NC3CCC(OC)CC3)cc[nH]c2=O)cc1. The van der Waals surface area contributed by atoms with Crippen LogP contribution >= 0.6 is 0 Å². The highest BCUT2D eigenvalue weighted by atomic mass is 16.5. The third-order valence-electron chi connectivity index (χ3n) is 6.57. The first kappa shape index (κ1) is 26.4. The lowest BCUT2D eigenvalue weighted by molar-refractivity contribution is 0.0681. The predicted molar refractivity (Wildman–Crippen MR) is 138 cm³/mol. The smallest absolute Gasteiger partial charge is 0.263 e. The van der Waals surface area contributed by atoms with Crippen molar-refractivity contribution < 1.29 is 14.3 Å². The molecule has 0 bridgehead atoms. The van der Waals surface area contributed by atoms with E-state index in [-0.39, 0.29) is 23.6 Å². The summed E-state index contributed by atoms with van der Waals surface area (Å²) < 4.78 is 5.42. The number of methoxy groups -OCH3 is 1. The Labute approximate surface area is 206 Å². The molecule has 1 heterocycles. The Morgan fingerprint density at radius 2 is 1.71 bits per heavy atom. The number of hydrogen-bond donors (Lipinski definition) is 4. The molecule has 3 rings (SSSR count). The van der Waals surface area contributed by atoms with Gasteiger partial charge in [0.2, 0.25) is 0 Å². The van der Waals surface area contributed by atoms with Crippen molar-refractivity contribution in [3.63, 3.8) is 0 Å². The van der Waals surface area contributed by atoms with Gasteiger partial charge in [0, 0.05) is 43.7 Å². The average Bonchev–Trinajstić information content (AvgIpc) is 2.87. The Kier molecular flexibility index (Phi) is 9.86. The maximum absolute atomic E-state index is 13.0. The molecule has 0 radical (unpaired) electrons. The van der Waals surface area contributed by atoms with Crippen molar-refractivity contribution >= 4 is 23.2 Å². The van der Waals surface area contributed by atoms with Crippen LogP contribution in [0.5, 0.6) is 0 Å². The molecule has 0 atom stereocenters. The second-order valence-corrected chi connectivity index (χ2v) is 8.76. The van der Waals surface area contributed by atoms with E-state index >= 15 is 0 Å². The zero-order chi connectivity index (χ0) is 25.2. The van der Waals surface area contributed by atoms with E-state index in [1.165, 1.54) is 6.20 Å². The van der Waals surface area contributed by atoms with Crippen molar-refractivity contribution in [1.29, 1.82) is 0 Å². The number of aromatic nitrogens is 1. The van der Waals surface area contributed by atoms with Gasteiger partial charge in [-0.1, -0.05) is 13.8 Å². The lowest BCUT2D eigenvalue weighted by atomic mass is 9.92. The lowest BCUT2D eigenvalue weighted by Gasteiger charge is -2.29. The number of pyridine rings is 1. The van der Waals surface area contributed by atoms with Gasteiger partial charge in [0.15, 0.2) is 0 Å². The first-order valence-corrected chi connectivity index (χ1v) is 12.4. The number of benzene rings is 1. The van der Waals surface area contributed by atoms with Gasteiger partial charge in [-0.3, -0.25) is 14.4 Å². The highest BCUT2D eigenvalue weighted by Gasteiger charge is 2.23. The van der Waals surface area contributed by atoms with Crippen molar-refractivity contribution in [3.8, 4) is 0 Å². The molecule has 190 valence electrons. The maximum Gasteiger partial charge on any atom is 0.263 e. The van der Waals surface area contributed by atoms with Crippen LogP contribution < -0.4 is 21.5 Å². The highest BCUT2D eigenvalue weighted by Crippen LogP contribution is 2.25. The van der Waals surface area contributed by atoms with Crippen LogP contribution in [0.3, 0.4) is 0 Å². The number of anilines is 2. The predicted octanol–water partition coefficient (Wildman–Crippen LogP) is 3.07. The molecule has 2 aromatic rings. The molecule has 1 aliphatic rings. The number of amides is 2. The van der Waals surface area contributed by atoms with Gasteiger partial charge in [0.05, 0.1) is 11.8 Å². The summed E-state index contributed by atoms with van der Waals surface area (Å²) in [6, 6.07) is 8.52. The van der Waals surface area contributed by atoms with E-state index in [0.29, 0.717) is 23.5 Å². The third-order valence-corrected chi connectivity index (χ3v) is 6.57. The van der Waals surface area contributed by atoms with Crippen LogP contribution in [0.15, 0.2) is 41.3 Å². The van der Waals surface area contributed by atoms with Crippen LogP contribution in [-0.4, -0.2) is 67.1 Å². The number of nitrogens with one attached hydrogen (secondary N) is 4. The fraction of sp³-hybridized carbons (Fsp3) is 0.500. The fourth-order valence-corrected chi connectivity index (χ4v) is 4.35. The van der Waals surface area contributed by atoms with Crippen LogP contribution in [0.2, 0.25) is 0 Å². The highest BCUT2D eigenvalue weighted by molar-refractivity contribution is 6.08. The minimum Gasteiger partial charge on any atom is -0.381 e. The molecule has 1 aromatic carbocycles. The van der Waals surface area contributed by atoms with Gasteiger partial charge < -0.3 is 30.6 Å². The molecule has 2 amide bonds. The lowest BCUT2D eigenvalue weighted by Crippen LogP contribution is -2.34. The molecular formula is C26H37N5O4. The number of carbonyl (C=O) groups is 2. The van der Waals surface area contributed by atoms with Gasteiger partial charge in [-0.2, -0.15) is 0 Å². The quantitative estimate of drug-likeness (QED) is 0.390. The Morgan fingerprint density at radius 1 is 1.03 bits per heavy atom. The van der Waals surface area contributed by atoms with E-state index in [9.17, 15) is 14.4 Å². The molecule has 9 nitrogen and oxygen atoms in total. The second kappa shape index (κ2) is 13.1. The minimum atomic E-state index is -0.503. The molecule has 0 saturated heterocycles. The van der Waals surface area contributed by atoms with Crippen LogP contribution in [0, 0.1) is 0 Å². The minimum absolute atomic E-state index is 0.0413. The summed E-state index contributed by atoms with van der Waals surface area (Å²) in [5, 5.41) is 9.06. The number of likely N-dealkylation sites (N-methyl/N-ethyl adjacent to an activating group) is 1. The molecule has 0 spiro atoms. The van der Waals surface area contributed by atoms with Crippen LogP contribution in [0.25, 0.3) is 0 Å². The van der Waals surface area contributed by atoms with Gasteiger partial charge in [0.25, 0.3) is 17.4 Å². The fourth-order valence-electron chi connectivity index (χ4n) is 4.35. The summed E-state index contributed by atoms with van der Waals surface area (Å²) in [6.07, 6.45) is 5.50. The summed E-state index contributed by atoms with van der Waals surface area (Å²) in [4.78, 5) is 42.7. The maximum atomic E-state index is 13.0. The van der Waals surface area contributed by atoms with Gasteiger partial charge in [0.1, 0.15) is 5.56 Å². The van der Waals surface area contributed by atoms with Crippen LogP contribution in [0.4, 0.5) is 11.4 Å². The van der Waals surface area contributed by atoms with Crippen molar-refractivity contribution in [2.45, 2.75) is 51.7 Å². The van der Waals surface area contributed by atoms with Gasteiger partial charge in [-0.25, -0.2) is 0 Å². The van der Waals surface area contributed by atoms with Gasteiger partial charge in [-0.05, 0) is 69.1 Å². The van der Waals surface area contributed by atoms with E-state index in [4.69, 9.17) is 4.74 Å². The number of rotatable bonds is 11. The van der Waals surface area contributed by atoms with E-state index in [1.54, 1.807) is 37.4 Å². The normalized spacial score (nSPS) is 17.7. The zero-order valence-electron chi connectivity index (χ0n) is 20.9. The Balaban J connectivity index is 1.60. The molecule has 35 heavy (non-hydrogen) atoms. The molecule has 9 heteroatoms. The Hall–Kier alpha value is -3.17. The standard InChI is InChI=1S/C26H37N5O4/c1-4-31(5-2)17-16-28-24(32)18-6-8-20(9-7-18)30-26(34)23-22(14-15-27-25(23)33)29-19-10-12-21(35-3)13-11-19/h6-9,14-15,19,21H,4-5,10-13,16-17H2,1-3H3,(H,28,32)(H,30,34)(H2,27,29,33). The van der Waals surface area contributed by atoms with Crippen molar-refractivity contribution in [2.75, 3.05) is 43.9 Å². The summed E-state index contributed by atoms with van der Waals surface area (Å²) in [7, 11) is 1.73. The van der Waals surface area contributed by atoms with Crippen LogP contribution in [0.1, 0.15) is 60.2 Å². The topological polar surface area (TPSA) is 116 Å². The molecule has 1 fully saturated rings. The van der Waals surface area contributed by atoms with Crippen molar-refractivity contribution in [2.24, 2.45) is 0 Å². The summed E-state index contributed by atoms with van der Waals surface area (Å²) >= 11 is 0. The van der Waals surface area contributed by atoms with E-state index in [1.807, 2.05) is 0 Å². The summed E-state index contributed by atoms with van der Waals surface area (Å²) in [6.45, 7) is 7.43. The average molecular weight is 484 g/mol. The molecule has 0 unspecified atom stereocenters. The van der Waals surface area contributed by atoms with Crippen molar-refractivity contribution in [1.82, 2.24) is 15.2 Å². The molecule has 1 saturated carbocycles. The first-order chi connectivity index (χ1) is 16.9. The molecular weight excluding hydrogens is 446 g/mol. The molecule has 1 aliphatic carbocycles. The van der Waals surface area contributed by atoms with E-state index in [0.717, 1.165) is 45.3 Å². The van der Waals surface area contributed by atoms with Crippen molar-refractivity contribution in [3.05, 3.63) is 58.0 Å². The Morgan fingerprint density at radius 3 is 2.34 bits per heavy atom. The number of aromatic amines is 1. The monoisotopic (exact) mass is 483 g/mol. The second-order valence-electron chi connectivity index (χ2n) is 8.76. The zero-order valence-corrected chi connectivity index (χ0v) is 20.9. The third kappa shape index (κ3) is 7.40. The molecule has 1 aromatic heterocycles. The van der Waals surface area contributed by atoms with E-state index in [2.05, 4.69) is 39.7 Å². The Bertz CT molecular complexity index is 1020. The van der Waals surface area contributed by atoms with Gasteiger partial charge in [-0.15, -0.1) is 0 Å². The van der Waals surface area contributed by atoms with Gasteiger partial charge >= 0.3 is 0 Å². The van der Waals surface area contributed by atoms with Crippen LogP contribution in [-0.2, 0) is 4.74 Å². The summed E-state index contributed by atoms with van der Waals surface area (Å²) in [5.74, 6) is -0.666. The largest absolute Gasteiger partial charge is 0.381 e. The first-order valence-electron chi connectivity index (χ1n) is 12.4. The number of ether oxygens (including phenoxy) is 1. The molecule has 0 aliphatic heterocycles. The number of H-pyrrole nitrogens is 1. The molecule has 4 N–H and O–H groups in total.